The Morgan fingerprint density at radius 3 is 2.53 bits per heavy atom. The summed E-state index contributed by atoms with van der Waals surface area (Å²) in [4.78, 5) is 2.61. The maximum atomic E-state index is 3.50. The van der Waals surface area contributed by atoms with E-state index in [9.17, 15) is 0 Å². The van der Waals surface area contributed by atoms with Crippen LogP contribution in [-0.2, 0) is 0 Å². The predicted octanol–water partition coefficient (Wildman–Crippen LogP) is 2.50. The first-order chi connectivity index (χ1) is 7.31. The second-order valence-electron chi connectivity index (χ2n) is 4.83. The third-order valence-electron chi connectivity index (χ3n) is 3.76. The van der Waals surface area contributed by atoms with Crippen molar-refractivity contribution in [3.8, 4) is 0 Å². The molecule has 15 heavy (non-hydrogen) atoms. The molecule has 0 amide bonds. The molecule has 90 valence electrons. The summed E-state index contributed by atoms with van der Waals surface area (Å²) >= 11 is 0. The highest BCUT2D eigenvalue weighted by Gasteiger charge is 2.24. The molecule has 1 rings (SSSR count). The first-order valence-electron chi connectivity index (χ1n) is 6.71. The van der Waals surface area contributed by atoms with E-state index in [2.05, 4.69) is 31.1 Å². The van der Waals surface area contributed by atoms with Crippen LogP contribution >= 0.6 is 0 Å². The summed E-state index contributed by atoms with van der Waals surface area (Å²) < 4.78 is 0. The maximum absolute atomic E-state index is 3.50. The van der Waals surface area contributed by atoms with Crippen LogP contribution in [0.15, 0.2) is 0 Å². The van der Waals surface area contributed by atoms with Crippen molar-refractivity contribution >= 4 is 0 Å². The molecular weight excluding hydrogens is 184 g/mol. The molecule has 1 N–H and O–H groups in total. The van der Waals surface area contributed by atoms with Crippen molar-refractivity contribution in [2.45, 2.75) is 52.0 Å². The lowest BCUT2D eigenvalue weighted by Crippen LogP contribution is -2.43. The van der Waals surface area contributed by atoms with E-state index in [0.717, 1.165) is 12.0 Å². The SMILES string of the molecule is CCCN(CC)CC1CCCCC1NC. The molecule has 0 heterocycles. The van der Waals surface area contributed by atoms with Crippen molar-refractivity contribution in [2.24, 2.45) is 5.92 Å². The molecule has 1 aliphatic rings. The molecular formula is C13H28N2. The molecule has 2 nitrogen and oxygen atoms in total. The zero-order chi connectivity index (χ0) is 11.1. The van der Waals surface area contributed by atoms with E-state index in [1.807, 2.05) is 0 Å². The van der Waals surface area contributed by atoms with Gasteiger partial charge >= 0.3 is 0 Å². The van der Waals surface area contributed by atoms with Crippen LogP contribution in [0.4, 0.5) is 0 Å². The summed E-state index contributed by atoms with van der Waals surface area (Å²) in [5.41, 5.74) is 0. The number of nitrogens with zero attached hydrogens (tertiary/aromatic N) is 1. The van der Waals surface area contributed by atoms with Crippen molar-refractivity contribution in [1.82, 2.24) is 10.2 Å². The molecule has 2 heteroatoms. The number of hydrogen-bond acceptors (Lipinski definition) is 2. The average molecular weight is 212 g/mol. The predicted molar refractivity (Wildman–Crippen MR) is 67.2 cm³/mol. The van der Waals surface area contributed by atoms with Gasteiger partial charge in [-0.25, -0.2) is 0 Å². The quantitative estimate of drug-likeness (QED) is 0.728. The Kier molecular flexibility index (Phi) is 6.26. The van der Waals surface area contributed by atoms with Crippen molar-refractivity contribution in [2.75, 3.05) is 26.7 Å². The zero-order valence-electron chi connectivity index (χ0n) is 10.8. The summed E-state index contributed by atoms with van der Waals surface area (Å²) in [6.07, 6.45) is 6.94. The van der Waals surface area contributed by atoms with E-state index in [0.29, 0.717) is 0 Å². The van der Waals surface area contributed by atoms with E-state index >= 15 is 0 Å². The zero-order valence-corrected chi connectivity index (χ0v) is 10.8. The molecule has 2 unspecified atom stereocenters. The van der Waals surface area contributed by atoms with Gasteiger partial charge in [0.25, 0.3) is 0 Å². The Balaban J connectivity index is 2.38. The molecule has 1 fully saturated rings. The van der Waals surface area contributed by atoms with Crippen LogP contribution in [0.25, 0.3) is 0 Å². The van der Waals surface area contributed by atoms with Gasteiger partial charge in [-0.15, -0.1) is 0 Å². The van der Waals surface area contributed by atoms with Crippen LogP contribution in [0.2, 0.25) is 0 Å². The van der Waals surface area contributed by atoms with E-state index < -0.39 is 0 Å². The maximum Gasteiger partial charge on any atom is 0.0104 e. The second kappa shape index (κ2) is 7.24. The minimum absolute atomic E-state index is 0.768. The number of nitrogens with one attached hydrogen (secondary N) is 1. The van der Waals surface area contributed by atoms with E-state index in [1.165, 1.54) is 51.7 Å². The fourth-order valence-electron chi connectivity index (χ4n) is 2.83. The smallest absolute Gasteiger partial charge is 0.0104 e. The van der Waals surface area contributed by atoms with Crippen LogP contribution in [-0.4, -0.2) is 37.6 Å². The summed E-state index contributed by atoms with van der Waals surface area (Å²) in [6, 6.07) is 0.768. The van der Waals surface area contributed by atoms with Crippen LogP contribution in [0, 0.1) is 5.92 Å². The van der Waals surface area contributed by atoms with E-state index in [-0.39, 0.29) is 0 Å². The minimum atomic E-state index is 0.768. The molecule has 0 spiro atoms. The van der Waals surface area contributed by atoms with E-state index in [1.54, 1.807) is 0 Å². The highest BCUT2D eigenvalue weighted by Crippen LogP contribution is 2.25. The van der Waals surface area contributed by atoms with Gasteiger partial charge < -0.3 is 10.2 Å². The largest absolute Gasteiger partial charge is 0.317 e. The molecule has 1 aliphatic carbocycles. The van der Waals surface area contributed by atoms with Crippen molar-refractivity contribution in [1.29, 1.82) is 0 Å². The summed E-state index contributed by atoms with van der Waals surface area (Å²) in [6.45, 7) is 8.34. The topological polar surface area (TPSA) is 15.3 Å². The third kappa shape index (κ3) is 4.12. The molecule has 2 atom stereocenters. The monoisotopic (exact) mass is 212 g/mol. The minimum Gasteiger partial charge on any atom is -0.317 e. The molecule has 1 saturated carbocycles. The Labute approximate surface area is 95.4 Å². The molecule has 0 aromatic rings. The lowest BCUT2D eigenvalue weighted by molar-refractivity contribution is 0.177. The van der Waals surface area contributed by atoms with Gasteiger partial charge in [-0.05, 0) is 45.3 Å². The first-order valence-corrected chi connectivity index (χ1v) is 6.71. The van der Waals surface area contributed by atoms with Gasteiger partial charge in [-0.2, -0.15) is 0 Å². The number of hydrogen-bond donors (Lipinski definition) is 1. The van der Waals surface area contributed by atoms with Gasteiger partial charge in [-0.1, -0.05) is 26.7 Å². The molecule has 0 saturated heterocycles. The van der Waals surface area contributed by atoms with Crippen LogP contribution in [0.1, 0.15) is 46.0 Å². The molecule has 0 radical (unpaired) electrons. The molecule has 0 aromatic heterocycles. The third-order valence-corrected chi connectivity index (χ3v) is 3.76. The van der Waals surface area contributed by atoms with Gasteiger partial charge in [-0.3, -0.25) is 0 Å². The van der Waals surface area contributed by atoms with Crippen LogP contribution in [0.3, 0.4) is 0 Å². The fraction of sp³-hybridized carbons (Fsp3) is 1.00. The molecule has 0 aliphatic heterocycles. The average Bonchev–Trinajstić information content (AvgIpc) is 2.29. The fourth-order valence-corrected chi connectivity index (χ4v) is 2.83. The Hall–Kier alpha value is -0.0800. The second-order valence-corrected chi connectivity index (χ2v) is 4.83. The highest BCUT2D eigenvalue weighted by molar-refractivity contribution is 4.81. The summed E-state index contributed by atoms with van der Waals surface area (Å²) in [7, 11) is 2.12. The molecule has 0 aromatic carbocycles. The summed E-state index contributed by atoms with van der Waals surface area (Å²) in [5, 5.41) is 3.50. The van der Waals surface area contributed by atoms with Crippen molar-refractivity contribution < 1.29 is 0 Å². The van der Waals surface area contributed by atoms with Crippen molar-refractivity contribution in [3.63, 3.8) is 0 Å². The highest BCUT2D eigenvalue weighted by atomic mass is 15.1. The van der Waals surface area contributed by atoms with Gasteiger partial charge in [0, 0.05) is 12.6 Å². The molecule has 0 bridgehead atoms. The van der Waals surface area contributed by atoms with Gasteiger partial charge in [0.05, 0.1) is 0 Å². The Morgan fingerprint density at radius 2 is 1.93 bits per heavy atom. The standard InChI is InChI=1S/C13H28N2/c1-4-10-15(5-2)11-12-8-6-7-9-13(12)14-3/h12-14H,4-11H2,1-3H3. The van der Waals surface area contributed by atoms with Crippen molar-refractivity contribution in [3.05, 3.63) is 0 Å². The van der Waals surface area contributed by atoms with Crippen LogP contribution < -0.4 is 5.32 Å². The van der Waals surface area contributed by atoms with Gasteiger partial charge in [0.15, 0.2) is 0 Å². The van der Waals surface area contributed by atoms with E-state index in [4.69, 9.17) is 0 Å². The Bertz CT molecular complexity index is 159. The first kappa shape index (κ1) is 13.0. The number of rotatable bonds is 6. The lowest BCUT2D eigenvalue weighted by atomic mass is 9.84. The van der Waals surface area contributed by atoms with Gasteiger partial charge in [0.2, 0.25) is 0 Å². The van der Waals surface area contributed by atoms with Crippen LogP contribution in [0.5, 0.6) is 0 Å². The Morgan fingerprint density at radius 1 is 1.20 bits per heavy atom. The van der Waals surface area contributed by atoms with Gasteiger partial charge in [0.1, 0.15) is 0 Å². The lowest BCUT2D eigenvalue weighted by Gasteiger charge is -2.35. The normalized spacial score (nSPS) is 27.2. The summed E-state index contributed by atoms with van der Waals surface area (Å²) in [5.74, 6) is 0.884.